The van der Waals surface area contributed by atoms with Crippen molar-refractivity contribution in [2.45, 2.75) is 4.90 Å². The summed E-state index contributed by atoms with van der Waals surface area (Å²) < 4.78 is 6.70. The molecule has 0 fully saturated rings. The van der Waals surface area contributed by atoms with Gasteiger partial charge in [0.05, 0.1) is 18.2 Å². The Morgan fingerprint density at radius 3 is 2.63 bits per heavy atom. The first-order valence-corrected chi connectivity index (χ1v) is 7.57. The SMILES string of the molecule is N#Cc1ccc(OCCSc2cccc(Br)c2)cc1. The summed E-state index contributed by atoms with van der Waals surface area (Å²) in [4.78, 5) is 1.22. The average Bonchev–Trinajstić information content (AvgIpc) is 2.44. The molecule has 0 unspecified atom stereocenters. The van der Waals surface area contributed by atoms with E-state index in [1.165, 1.54) is 4.90 Å². The first-order valence-electron chi connectivity index (χ1n) is 5.79. The van der Waals surface area contributed by atoms with Crippen LogP contribution in [0.2, 0.25) is 0 Å². The van der Waals surface area contributed by atoms with Gasteiger partial charge in [0.25, 0.3) is 0 Å². The standard InChI is InChI=1S/C15H12BrNOS/c16-13-2-1-3-15(10-13)19-9-8-18-14-6-4-12(11-17)5-7-14/h1-7,10H,8-9H2. The van der Waals surface area contributed by atoms with Crippen LogP contribution in [-0.4, -0.2) is 12.4 Å². The van der Waals surface area contributed by atoms with Gasteiger partial charge in [-0.1, -0.05) is 22.0 Å². The molecule has 0 aromatic heterocycles. The molecule has 0 aliphatic rings. The summed E-state index contributed by atoms with van der Waals surface area (Å²) in [5, 5.41) is 8.69. The van der Waals surface area contributed by atoms with E-state index in [0.29, 0.717) is 12.2 Å². The van der Waals surface area contributed by atoms with E-state index < -0.39 is 0 Å². The highest BCUT2D eigenvalue weighted by Gasteiger charge is 1.97. The van der Waals surface area contributed by atoms with E-state index >= 15 is 0 Å². The van der Waals surface area contributed by atoms with Gasteiger partial charge in [0, 0.05) is 15.1 Å². The molecule has 0 heterocycles. The second kappa shape index (κ2) is 7.22. The fourth-order valence-electron chi connectivity index (χ4n) is 1.50. The number of rotatable bonds is 5. The van der Waals surface area contributed by atoms with Crippen molar-refractivity contribution in [1.29, 1.82) is 5.26 Å². The first kappa shape index (κ1) is 14.0. The molecule has 0 atom stereocenters. The monoisotopic (exact) mass is 333 g/mol. The summed E-state index contributed by atoms with van der Waals surface area (Å²) in [6, 6.07) is 17.5. The maximum absolute atomic E-state index is 8.69. The van der Waals surface area contributed by atoms with Crippen LogP contribution in [0.1, 0.15) is 5.56 Å². The van der Waals surface area contributed by atoms with Gasteiger partial charge in [-0.25, -0.2) is 0 Å². The zero-order valence-corrected chi connectivity index (χ0v) is 12.6. The molecule has 0 saturated heterocycles. The van der Waals surface area contributed by atoms with Crippen LogP contribution in [0.5, 0.6) is 5.75 Å². The predicted molar refractivity (Wildman–Crippen MR) is 81.5 cm³/mol. The van der Waals surface area contributed by atoms with E-state index in [-0.39, 0.29) is 0 Å². The number of ether oxygens (including phenoxy) is 1. The number of halogens is 1. The molecule has 0 aliphatic heterocycles. The minimum Gasteiger partial charge on any atom is -0.493 e. The van der Waals surface area contributed by atoms with E-state index in [9.17, 15) is 0 Å². The van der Waals surface area contributed by atoms with Crippen molar-refractivity contribution in [3.8, 4) is 11.8 Å². The van der Waals surface area contributed by atoms with Crippen molar-refractivity contribution in [1.82, 2.24) is 0 Å². The fourth-order valence-corrected chi connectivity index (χ4v) is 2.84. The molecule has 0 N–H and O–H groups in total. The van der Waals surface area contributed by atoms with Gasteiger partial charge in [-0.3, -0.25) is 0 Å². The molecule has 2 aromatic carbocycles. The van der Waals surface area contributed by atoms with Gasteiger partial charge in [0.1, 0.15) is 5.75 Å². The van der Waals surface area contributed by atoms with E-state index in [0.717, 1.165) is 16.0 Å². The molecule has 96 valence electrons. The topological polar surface area (TPSA) is 33.0 Å². The molecule has 0 spiro atoms. The predicted octanol–water partition coefficient (Wildman–Crippen LogP) is 4.49. The van der Waals surface area contributed by atoms with Crippen molar-refractivity contribution < 1.29 is 4.74 Å². The highest BCUT2D eigenvalue weighted by Crippen LogP contribution is 2.22. The summed E-state index contributed by atoms with van der Waals surface area (Å²) in [6.45, 7) is 0.642. The Labute approximate surface area is 125 Å². The van der Waals surface area contributed by atoms with Gasteiger partial charge in [-0.2, -0.15) is 5.26 Å². The van der Waals surface area contributed by atoms with Crippen LogP contribution in [0.25, 0.3) is 0 Å². The second-order valence-corrected chi connectivity index (χ2v) is 5.87. The number of nitriles is 1. The van der Waals surface area contributed by atoms with Crippen LogP contribution >= 0.6 is 27.7 Å². The van der Waals surface area contributed by atoms with Crippen LogP contribution in [0.15, 0.2) is 57.9 Å². The number of hydrogen-bond acceptors (Lipinski definition) is 3. The van der Waals surface area contributed by atoms with Gasteiger partial charge in [-0.05, 0) is 42.5 Å². The minimum atomic E-state index is 0.642. The molecule has 0 radical (unpaired) electrons. The van der Waals surface area contributed by atoms with Crippen LogP contribution in [0.4, 0.5) is 0 Å². The van der Waals surface area contributed by atoms with E-state index in [1.807, 2.05) is 24.3 Å². The molecule has 2 nitrogen and oxygen atoms in total. The summed E-state index contributed by atoms with van der Waals surface area (Å²) in [7, 11) is 0. The summed E-state index contributed by atoms with van der Waals surface area (Å²) in [6.07, 6.45) is 0. The van der Waals surface area contributed by atoms with Gasteiger partial charge in [0.15, 0.2) is 0 Å². The highest BCUT2D eigenvalue weighted by molar-refractivity contribution is 9.10. The molecular weight excluding hydrogens is 322 g/mol. The maximum atomic E-state index is 8.69. The van der Waals surface area contributed by atoms with E-state index in [1.54, 1.807) is 23.9 Å². The van der Waals surface area contributed by atoms with E-state index in [2.05, 4.69) is 34.1 Å². The second-order valence-electron chi connectivity index (χ2n) is 3.79. The molecule has 0 amide bonds. The lowest BCUT2D eigenvalue weighted by molar-refractivity contribution is 0.344. The Morgan fingerprint density at radius 2 is 1.95 bits per heavy atom. The van der Waals surface area contributed by atoms with Gasteiger partial charge in [0.2, 0.25) is 0 Å². The van der Waals surface area contributed by atoms with Crippen molar-refractivity contribution in [2.75, 3.05) is 12.4 Å². The molecular formula is C15H12BrNOS. The fraction of sp³-hybridized carbons (Fsp3) is 0.133. The average molecular weight is 334 g/mol. The third-order valence-electron chi connectivity index (χ3n) is 2.40. The third-order valence-corrected chi connectivity index (χ3v) is 3.85. The molecule has 19 heavy (non-hydrogen) atoms. The van der Waals surface area contributed by atoms with Crippen LogP contribution in [-0.2, 0) is 0 Å². The van der Waals surface area contributed by atoms with Crippen LogP contribution in [0.3, 0.4) is 0 Å². The molecule has 4 heteroatoms. The number of hydrogen-bond donors (Lipinski definition) is 0. The maximum Gasteiger partial charge on any atom is 0.119 e. The Bertz CT molecular complexity index is 577. The molecule has 0 bridgehead atoms. The van der Waals surface area contributed by atoms with Crippen LogP contribution < -0.4 is 4.74 Å². The number of benzene rings is 2. The van der Waals surface area contributed by atoms with E-state index in [4.69, 9.17) is 10.00 Å². The van der Waals surface area contributed by atoms with Crippen molar-refractivity contribution >= 4 is 27.7 Å². The van der Waals surface area contributed by atoms with Crippen molar-refractivity contribution in [3.05, 3.63) is 58.6 Å². The lowest BCUT2D eigenvalue weighted by Gasteiger charge is -2.06. The third kappa shape index (κ3) is 4.62. The van der Waals surface area contributed by atoms with Gasteiger partial charge in [-0.15, -0.1) is 11.8 Å². The Morgan fingerprint density at radius 1 is 1.16 bits per heavy atom. The quantitative estimate of drug-likeness (QED) is 0.596. The van der Waals surface area contributed by atoms with Gasteiger partial charge < -0.3 is 4.74 Å². The lowest BCUT2D eigenvalue weighted by Crippen LogP contribution is -1.99. The smallest absolute Gasteiger partial charge is 0.119 e. The normalized spacial score (nSPS) is 9.89. The Hall–Kier alpha value is -1.44. The Balaban J connectivity index is 1.76. The van der Waals surface area contributed by atoms with Gasteiger partial charge >= 0.3 is 0 Å². The molecule has 0 saturated carbocycles. The zero-order chi connectivity index (χ0) is 13.5. The zero-order valence-electron chi connectivity index (χ0n) is 10.2. The largest absolute Gasteiger partial charge is 0.493 e. The first-order chi connectivity index (χ1) is 9.28. The van der Waals surface area contributed by atoms with Crippen LogP contribution in [0, 0.1) is 11.3 Å². The number of thioether (sulfide) groups is 1. The summed E-state index contributed by atoms with van der Waals surface area (Å²) >= 11 is 5.20. The molecule has 2 rings (SSSR count). The summed E-state index contributed by atoms with van der Waals surface area (Å²) in [5.74, 6) is 1.69. The Kier molecular flexibility index (Phi) is 5.31. The lowest BCUT2D eigenvalue weighted by atomic mass is 10.2. The highest BCUT2D eigenvalue weighted by atomic mass is 79.9. The molecule has 2 aromatic rings. The van der Waals surface area contributed by atoms with Crippen molar-refractivity contribution in [2.24, 2.45) is 0 Å². The summed E-state index contributed by atoms with van der Waals surface area (Å²) in [5.41, 5.74) is 0.649. The molecule has 0 aliphatic carbocycles. The minimum absolute atomic E-state index is 0.642. The van der Waals surface area contributed by atoms with Crippen molar-refractivity contribution in [3.63, 3.8) is 0 Å². The number of nitrogens with zero attached hydrogens (tertiary/aromatic N) is 1.